The maximum Gasteiger partial charge on any atom is 0.0638 e. The Kier molecular flexibility index (Phi) is 3.51. The maximum atomic E-state index is 6.07. The molecule has 0 atom stereocenters. The van der Waals surface area contributed by atoms with E-state index in [2.05, 4.69) is 31.4 Å². The number of H-pyrrole nitrogens is 1. The Morgan fingerprint density at radius 3 is 3.00 bits per heavy atom. The van der Waals surface area contributed by atoms with Crippen LogP contribution in [-0.4, -0.2) is 10.2 Å². The number of rotatable bonds is 3. The topological polar surface area (TPSA) is 40.7 Å². The molecule has 2 N–H and O–H groups in total. The minimum Gasteiger partial charge on any atom is -0.380 e. The summed E-state index contributed by atoms with van der Waals surface area (Å²) in [5.74, 6) is 0. The summed E-state index contributed by atoms with van der Waals surface area (Å²) >= 11 is 9.48. The zero-order chi connectivity index (χ0) is 11.5. The Balaban J connectivity index is 2.10. The lowest BCUT2D eigenvalue weighted by molar-refractivity contribution is 1.04. The van der Waals surface area contributed by atoms with Crippen molar-refractivity contribution in [1.29, 1.82) is 0 Å². The van der Waals surface area contributed by atoms with Crippen molar-refractivity contribution in [3.63, 3.8) is 0 Å². The fourth-order valence-electron chi connectivity index (χ4n) is 1.38. The van der Waals surface area contributed by atoms with Crippen molar-refractivity contribution in [3.8, 4) is 0 Å². The van der Waals surface area contributed by atoms with Crippen molar-refractivity contribution >= 4 is 33.2 Å². The number of nitrogens with one attached hydrogen (secondary N) is 2. The van der Waals surface area contributed by atoms with E-state index >= 15 is 0 Å². The molecule has 0 bridgehead atoms. The Morgan fingerprint density at radius 2 is 2.31 bits per heavy atom. The molecule has 2 rings (SSSR count). The van der Waals surface area contributed by atoms with Crippen molar-refractivity contribution in [3.05, 3.63) is 45.1 Å². The van der Waals surface area contributed by atoms with E-state index in [9.17, 15) is 0 Å². The molecule has 1 heterocycles. The van der Waals surface area contributed by atoms with Gasteiger partial charge in [0.05, 0.1) is 16.9 Å². The van der Waals surface area contributed by atoms with Crippen LogP contribution in [0, 0.1) is 6.92 Å². The lowest BCUT2D eigenvalue weighted by Crippen LogP contribution is -2.00. The van der Waals surface area contributed by atoms with Gasteiger partial charge in [0.15, 0.2) is 0 Å². The number of aromatic amines is 1. The van der Waals surface area contributed by atoms with Gasteiger partial charge in [-0.1, -0.05) is 27.5 Å². The average molecular weight is 301 g/mol. The smallest absolute Gasteiger partial charge is 0.0638 e. The first-order chi connectivity index (χ1) is 7.66. The molecule has 0 fully saturated rings. The second-order valence-electron chi connectivity index (χ2n) is 3.50. The fourth-order valence-corrected chi connectivity index (χ4v) is 1.92. The quantitative estimate of drug-likeness (QED) is 0.906. The third-order valence-electron chi connectivity index (χ3n) is 2.33. The van der Waals surface area contributed by atoms with E-state index in [1.54, 1.807) is 0 Å². The van der Waals surface area contributed by atoms with Crippen molar-refractivity contribution in [2.24, 2.45) is 0 Å². The molecule has 16 heavy (non-hydrogen) atoms. The summed E-state index contributed by atoms with van der Waals surface area (Å²) in [5, 5.41) is 10.9. The van der Waals surface area contributed by atoms with Gasteiger partial charge < -0.3 is 5.32 Å². The van der Waals surface area contributed by atoms with Crippen LogP contribution in [0.2, 0.25) is 5.02 Å². The van der Waals surface area contributed by atoms with Crippen LogP contribution in [0.5, 0.6) is 0 Å². The van der Waals surface area contributed by atoms with Crippen molar-refractivity contribution in [1.82, 2.24) is 10.2 Å². The molecule has 3 nitrogen and oxygen atoms in total. The zero-order valence-electron chi connectivity index (χ0n) is 8.72. The standard InChI is InChI=1S/C11H11BrClN3/c1-7-8(6-15-16-7)5-14-11-4-9(12)2-3-10(11)13/h2-4,6,14H,5H2,1H3,(H,15,16). The van der Waals surface area contributed by atoms with Crippen LogP contribution >= 0.6 is 27.5 Å². The first-order valence-corrected chi connectivity index (χ1v) is 6.01. The van der Waals surface area contributed by atoms with Crippen LogP contribution in [0.3, 0.4) is 0 Å². The second kappa shape index (κ2) is 4.89. The number of hydrogen-bond acceptors (Lipinski definition) is 2. The number of benzene rings is 1. The van der Waals surface area contributed by atoms with Gasteiger partial charge in [0.1, 0.15) is 0 Å². The van der Waals surface area contributed by atoms with Crippen LogP contribution < -0.4 is 5.32 Å². The highest BCUT2D eigenvalue weighted by atomic mass is 79.9. The Labute approximate surface area is 107 Å². The SMILES string of the molecule is Cc1[nH]ncc1CNc1cc(Br)ccc1Cl. The van der Waals surface area contributed by atoms with Gasteiger partial charge >= 0.3 is 0 Å². The number of aromatic nitrogens is 2. The normalized spacial score (nSPS) is 10.4. The molecular formula is C11H11BrClN3. The Hall–Kier alpha value is -1.000. The largest absolute Gasteiger partial charge is 0.380 e. The zero-order valence-corrected chi connectivity index (χ0v) is 11.1. The number of nitrogens with zero attached hydrogens (tertiary/aromatic N) is 1. The maximum absolute atomic E-state index is 6.07. The summed E-state index contributed by atoms with van der Waals surface area (Å²) in [7, 11) is 0. The van der Waals surface area contributed by atoms with Gasteiger partial charge in [-0.05, 0) is 25.1 Å². The van der Waals surface area contributed by atoms with Gasteiger partial charge in [-0.2, -0.15) is 5.10 Å². The van der Waals surface area contributed by atoms with Crippen molar-refractivity contribution < 1.29 is 0 Å². The summed E-state index contributed by atoms with van der Waals surface area (Å²) in [4.78, 5) is 0. The molecule has 5 heteroatoms. The molecule has 1 aromatic carbocycles. The molecular weight excluding hydrogens is 289 g/mol. The van der Waals surface area contributed by atoms with Gasteiger partial charge in [0.25, 0.3) is 0 Å². The van der Waals surface area contributed by atoms with E-state index in [0.29, 0.717) is 11.6 Å². The van der Waals surface area contributed by atoms with Gasteiger partial charge in [0, 0.05) is 22.3 Å². The second-order valence-corrected chi connectivity index (χ2v) is 4.82. The predicted octanol–water partition coefficient (Wildman–Crippen LogP) is 3.75. The molecule has 2 aromatic rings. The van der Waals surface area contributed by atoms with E-state index in [4.69, 9.17) is 11.6 Å². The van der Waals surface area contributed by atoms with Crippen molar-refractivity contribution in [2.45, 2.75) is 13.5 Å². The first kappa shape index (κ1) is 11.5. The van der Waals surface area contributed by atoms with Gasteiger partial charge in [0.2, 0.25) is 0 Å². The van der Waals surface area contributed by atoms with E-state index in [-0.39, 0.29) is 0 Å². The summed E-state index contributed by atoms with van der Waals surface area (Å²) in [5.41, 5.74) is 3.12. The number of anilines is 1. The molecule has 0 radical (unpaired) electrons. The third-order valence-corrected chi connectivity index (χ3v) is 3.15. The van der Waals surface area contributed by atoms with Crippen molar-refractivity contribution in [2.75, 3.05) is 5.32 Å². The molecule has 1 aromatic heterocycles. The molecule has 0 aliphatic carbocycles. The van der Waals surface area contributed by atoms with E-state index in [1.807, 2.05) is 31.3 Å². The number of aryl methyl sites for hydroxylation is 1. The summed E-state index contributed by atoms with van der Waals surface area (Å²) in [6.07, 6.45) is 1.81. The molecule has 0 aliphatic heterocycles. The van der Waals surface area contributed by atoms with Crippen LogP contribution in [0.4, 0.5) is 5.69 Å². The van der Waals surface area contributed by atoms with Gasteiger partial charge in [-0.25, -0.2) is 0 Å². The highest BCUT2D eigenvalue weighted by molar-refractivity contribution is 9.10. The van der Waals surface area contributed by atoms with E-state index in [0.717, 1.165) is 21.4 Å². The molecule has 84 valence electrons. The molecule has 0 amide bonds. The Morgan fingerprint density at radius 1 is 1.50 bits per heavy atom. The highest BCUT2D eigenvalue weighted by Crippen LogP contribution is 2.26. The van der Waals surface area contributed by atoms with Crippen LogP contribution in [0.15, 0.2) is 28.9 Å². The van der Waals surface area contributed by atoms with E-state index < -0.39 is 0 Å². The van der Waals surface area contributed by atoms with Gasteiger partial charge in [-0.15, -0.1) is 0 Å². The first-order valence-electron chi connectivity index (χ1n) is 4.84. The minimum atomic E-state index is 0.707. The minimum absolute atomic E-state index is 0.707. The number of hydrogen-bond donors (Lipinski definition) is 2. The van der Waals surface area contributed by atoms with Crippen LogP contribution in [0.1, 0.15) is 11.3 Å². The average Bonchev–Trinajstić information content (AvgIpc) is 2.66. The lowest BCUT2D eigenvalue weighted by Gasteiger charge is -2.08. The molecule has 0 aliphatic rings. The number of halogens is 2. The molecule has 0 saturated heterocycles. The summed E-state index contributed by atoms with van der Waals surface area (Å²) in [6, 6.07) is 5.73. The highest BCUT2D eigenvalue weighted by Gasteiger charge is 2.03. The fraction of sp³-hybridized carbons (Fsp3) is 0.182. The summed E-state index contributed by atoms with van der Waals surface area (Å²) < 4.78 is 1.00. The summed E-state index contributed by atoms with van der Waals surface area (Å²) in [6.45, 7) is 2.70. The molecule has 0 unspecified atom stereocenters. The predicted molar refractivity (Wildman–Crippen MR) is 69.8 cm³/mol. The third kappa shape index (κ3) is 2.57. The van der Waals surface area contributed by atoms with Gasteiger partial charge in [-0.3, -0.25) is 5.10 Å². The lowest BCUT2D eigenvalue weighted by atomic mass is 10.2. The van der Waals surface area contributed by atoms with E-state index in [1.165, 1.54) is 0 Å². The monoisotopic (exact) mass is 299 g/mol. The van der Waals surface area contributed by atoms with Crippen LogP contribution in [0.25, 0.3) is 0 Å². The molecule has 0 spiro atoms. The molecule has 0 saturated carbocycles. The Bertz CT molecular complexity index is 496. The van der Waals surface area contributed by atoms with Crippen LogP contribution in [-0.2, 0) is 6.54 Å².